The highest BCUT2D eigenvalue weighted by Gasteiger charge is 2.38. The van der Waals surface area contributed by atoms with Crippen molar-refractivity contribution in [3.05, 3.63) is 59.6 Å². The van der Waals surface area contributed by atoms with Crippen LogP contribution >= 0.6 is 11.3 Å². The second-order valence-electron chi connectivity index (χ2n) is 8.04. The van der Waals surface area contributed by atoms with Crippen LogP contribution in [0.4, 0.5) is 13.2 Å². The molecule has 0 bridgehead atoms. The van der Waals surface area contributed by atoms with Crippen LogP contribution in [-0.2, 0) is 4.79 Å². The van der Waals surface area contributed by atoms with Crippen molar-refractivity contribution in [2.45, 2.75) is 6.18 Å². The molecule has 0 saturated carbocycles. The van der Waals surface area contributed by atoms with Gasteiger partial charge in [-0.2, -0.15) is 13.2 Å². The lowest BCUT2D eigenvalue weighted by Gasteiger charge is -2.31. The van der Waals surface area contributed by atoms with Crippen molar-refractivity contribution in [3.63, 3.8) is 0 Å². The summed E-state index contributed by atoms with van der Waals surface area (Å²) >= 11 is 1.37. The summed E-state index contributed by atoms with van der Waals surface area (Å²) in [7, 11) is 2.07. The number of alkyl halides is 3. The van der Waals surface area contributed by atoms with Crippen molar-refractivity contribution in [2.24, 2.45) is 0 Å². The van der Waals surface area contributed by atoms with Gasteiger partial charge in [0.05, 0.1) is 11.6 Å². The number of halogens is 3. The number of thiazole rings is 1. The predicted molar refractivity (Wildman–Crippen MR) is 128 cm³/mol. The lowest BCUT2D eigenvalue weighted by atomic mass is 10.0. The molecule has 0 radical (unpaired) electrons. The lowest BCUT2D eigenvalue weighted by molar-refractivity contribution is -0.192. The van der Waals surface area contributed by atoms with Gasteiger partial charge in [0.25, 0.3) is 5.91 Å². The Labute approximate surface area is 207 Å². The molecule has 1 aliphatic rings. The van der Waals surface area contributed by atoms with Crippen LogP contribution in [0, 0.1) is 0 Å². The van der Waals surface area contributed by atoms with E-state index in [1.807, 2.05) is 35.2 Å². The van der Waals surface area contributed by atoms with Gasteiger partial charge in [-0.25, -0.2) is 9.78 Å². The molecule has 5 rings (SSSR count). The van der Waals surface area contributed by atoms with Crippen LogP contribution in [0.25, 0.3) is 32.8 Å². The summed E-state index contributed by atoms with van der Waals surface area (Å²) in [4.78, 5) is 30.9. The summed E-state index contributed by atoms with van der Waals surface area (Å²) in [6, 6.07) is 16.2. The van der Waals surface area contributed by atoms with Gasteiger partial charge in [0.15, 0.2) is 5.58 Å². The number of carboxylic acids is 1. The molecule has 0 spiro atoms. The van der Waals surface area contributed by atoms with Crippen LogP contribution in [-0.4, -0.2) is 76.3 Å². The van der Waals surface area contributed by atoms with Crippen LogP contribution in [0.3, 0.4) is 0 Å². The number of carbonyl (C=O) groups excluding carboxylic acids is 1. The van der Waals surface area contributed by atoms with Crippen LogP contribution in [0.2, 0.25) is 0 Å². The number of likely N-dealkylation sites (N-methyl/N-ethyl adjacent to an activating group) is 1. The average molecular weight is 519 g/mol. The van der Waals surface area contributed by atoms with Crippen LogP contribution in [0.5, 0.6) is 0 Å². The summed E-state index contributed by atoms with van der Waals surface area (Å²) in [5, 5.41) is 13.0. The monoisotopic (exact) mass is 518 g/mol. The number of carbonyl (C=O) groups is 2. The molecule has 1 amide bonds. The largest absolute Gasteiger partial charge is 0.490 e. The number of fused-ring (bicyclic) bond motifs is 1. The molecule has 12 heteroatoms. The number of aliphatic carboxylic acids is 1. The number of hydrogen-bond acceptors (Lipinski definition) is 7. The van der Waals surface area contributed by atoms with Crippen LogP contribution in [0.1, 0.15) is 9.67 Å². The number of rotatable bonds is 3. The molecule has 2 aromatic heterocycles. The van der Waals surface area contributed by atoms with E-state index in [9.17, 15) is 18.0 Å². The summed E-state index contributed by atoms with van der Waals surface area (Å²) in [5.74, 6) is -2.71. The van der Waals surface area contributed by atoms with Crippen molar-refractivity contribution in [1.29, 1.82) is 0 Å². The highest BCUT2D eigenvalue weighted by atomic mass is 32.1. The van der Waals surface area contributed by atoms with Crippen molar-refractivity contribution in [3.8, 4) is 21.8 Å². The Kier molecular flexibility index (Phi) is 7.36. The minimum absolute atomic E-state index is 0.0426. The Morgan fingerprint density at radius 2 is 1.69 bits per heavy atom. The number of amides is 1. The van der Waals surface area contributed by atoms with Gasteiger partial charge in [-0.05, 0) is 30.3 Å². The Morgan fingerprint density at radius 1 is 1.03 bits per heavy atom. The Bertz CT molecular complexity index is 1360. The van der Waals surface area contributed by atoms with E-state index < -0.39 is 12.1 Å². The second kappa shape index (κ2) is 10.5. The SMILES string of the molecule is CN1CCN(C(=O)c2cnc(-c3noc4cc(-c5ccccc5)ccc34)s2)CC1.O=C(O)C(F)(F)F. The molecule has 3 heterocycles. The zero-order valence-corrected chi connectivity index (χ0v) is 19.8. The minimum Gasteiger partial charge on any atom is -0.475 e. The third kappa shape index (κ3) is 5.71. The number of carboxylic acid groups (broad SMARTS) is 1. The third-order valence-corrected chi connectivity index (χ3v) is 6.52. The van der Waals surface area contributed by atoms with Gasteiger partial charge >= 0.3 is 12.1 Å². The van der Waals surface area contributed by atoms with E-state index in [0.29, 0.717) is 21.2 Å². The molecule has 4 aromatic rings. The van der Waals surface area contributed by atoms with Gasteiger partial charge in [-0.3, -0.25) is 4.79 Å². The first-order valence-corrected chi connectivity index (χ1v) is 11.6. The van der Waals surface area contributed by atoms with Crippen molar-refractivity contribution >= 4 is 34.2 Å². The fourth-order valence-corrected chi connectivity index (χ4v) is 4.43. The summed E-state index contributed by atoms with van der Waals surface area (Å²) in [5.41, 5.74) is 3.60. The Balaban J connectivity index is 0.000000384. The normalized spacial score (nSPS) is 14.4. The molecular formula is C24H21F3N4O4S. The zero-order valence-electron chi connectivity index (χ0n) is 19.0. The third-order valence-electron chi connectivity index (χ3n) is 5.53. The van der Waals surface area contributed by atoms with E-state index >= 15 is 0 Å². The van der Waals surface area contributed by atoms with Gasteiger partial charge < -0.3 is 19.4 Å². The number of hydrogen-bond donors (Lipinski definition) is 1. The van der Waals surface area contributed by atoms with E-state index in [4.69, 9.17) is 14.4 Å². The summed E-state index contributed by atoms with van der Waals surface area (Å²) in [6.07, 6.45) is -3.43. The Morgan fingerprint density at radius 3 is 2.33 bits per heavy atom. The molecule has 188 valence electrons. The molecule has 1 fully saturated rings. The average Bonchev–Trinajstić information content (AvgIpc) is 3.51. The quantitative estimate of drug-likeness (QED) is 0.422. The van der Waals surface area contributed by atoms with Gasteiger partial charge in [0, 0.05) is 26.2 Å². The number of nitrogens with zero attached hydrogens (tertiary/aromatic N) is 4. The molecule has 0 unspecified atom stereocenters. The van der Waals surface area contributed by atoms with Crippen molar-refractivity contribution in [2.75, 3.05) is 33.2 Å². The van der Waals surface area contributed by atoms with Crippen molar-refractivity contribution < 1.29 is 32.4 Å². The Hall–Kier alpha value is -3.77. The van der Waals surface area contributed by atoms with E-state index in [2.05, 4.69) is 40.3 Å². The van der Waals surface area contributed by atoms with Gasteiger partial charge in [-0.1, -0.05) is 41.6 Å². The maximum Gasteiger partial charge on any atom is 0.490 e. The maximum atomic E-state index is 12.8. The maximum absolute atomic E-state index is 12.8. The molecule has 8 nitrogen and oxygen atoms in total. The lowest BCUT2D eigenvalue weighted by Crippen LogP contribution is -2.46. The fraction of sp³-hybridized carbons (Fsp3) is 0.250. The molecule has 0 aliphatic carbocycles. The standard InChI is InChI=1S/C22H20N4O2S.C2HF3O2/c1-25-9-11-26(12-10-25)22(27)19-14-23-21(29-19)20-17-8-7-16(13-18(17)28-24-20)15-5-3-2-4-6-15;3-2(4,5)1(6)7/h2-8,13-14H,9-12H2,1H3;(H,6,7). The second-order valence-corrected chi connectivity index (χ2v) is 9.07. The van der Waals surface area contributed by atoms with Crippen molar-refractivity contribution in [1.82, 2.24) is 19.9 Å². The van der Waals surface area contributed by atoms with Gasteiger partial charge in [-0.15, -0.1) is 11.3 Å². The number of aromatic nitrogens is 2. The first-order valence-electron chi connectivity index (χ1n) is 10.8. The van der Waals surface area contributed by atoms with Gasteiger partial charge in [0.1, 0.15) is 15.6 Å². The fourth-order valence-electron chi connectivity index (χ4n) is 3.55. The predicted octanol–water partition coefficient (Wildman–Crippen LogP) is 4.64. The first kappa shape index (κ1) is 25.3. The highest BCUT2D eigenvalue weighted by Crippen LogP contribution is 2.33. The van der Waals surface area contributed by atoms with Crippen LogP contribution < -0.4 is 0 Å². The molecule has 1 saturated heterocycles. The summed E-state index contributed by atoms with van der Waals surface area (Å²) in [6.45, 7) is 3.29. The van der Waals surface area contributed by atoms with E-state index in [1.54, 1.807) is 6.20 Å². The van der Waals surface area contributed by atoms with E-state index in [1.165, 1.54) is 11.3 Å². The van der Waals surface area contributed by atoms with Crippen LogP contribution in [0.15, 0.2) is 59.3 Å². The van der Waals surface area contributed by atoms with E-state index in [0.717, 1.165) is 42.7 Å². The topological polar surface area (TPSA) is 99.8 Å². The first-order chi connectivity index (χ1) is 17.1. The minimum atomic E-state index is -5.08. The highest BCUT2D eigenvalue weighted by molar-refractivity contribution is 7.17. The molecule has 2 aromatic carbocycles. The zero-order chi connectivity index (χ0) is 25.9. The van der Waals surface area contributed by atoms with Gasteiger partial charge in [0.2, 0.25) is 0 Å². The molecule has 0 atom stereocenters. The number of benzene rings is 2. The van der Waals surface area contributed by atoms with E-state index in [-0.39, 0.29) is 5.91 Å². The molecular weight excluding hydrogens is 497 g/mol. The summed E-state index contributed by atoms with van der Waals surface area (Å²) < 4.78 is 37.3. The number of piperazine rings is 1. The smallest absolute Gasteiger partial charge is 0.475 e. The molecule has 1 N–H and O–H groups in total. The molecule has 36 heavy (non-hydrogen) atoms. The molecule has 1 aliphatic heterocycles.